The molecule has 0 fully saturated rings. The zero-order chi connectivity index (χ0) is 81.2. The van der Waals surface area contributed by atoms with Gasteiger partial charge in [0.05, 0.1) is 11.2 Å². The highest BCUT2D eigenvalue weighted by Crippen LogP contribution is 2.34. The van der Waals surface area contributed by atoms with E-state index in [1.54, 1.807) is 22.3 Å². The zero-order valence-electron chi connectivity index (χ0n) is 71.9. The van der Waals surface area contributed by atoms with Gasteiger partial charge in [-0.05, 0) is 227 Å². The molecule has 0 radical (unpaired) electrons. The van der Waals surface area contributed by atoms with Crippen LogP contribution in [0.5, 0.6) is 0 Å². The van der Waals surface area contributed by atoms with Gasteiger partial charge in [-0.25, -0.2) is 0 Å². The standard InChI is InChI=1S/C13H14.2C12H17N.3C12H13N.2C11H15N.C11H13N/c1-10(2)12-9-5-7-11-6-3-4-8-13(11)12;1-9(2)11-5-3-4-10-8-13-7-6-12(10)11;1-9(2)11-5-3-4-10-6-7-13-8-12(10)11;1-9(2)12-8-13-7-10-5-3-4-6-11(10)12;1-9(2)10-7-8-13-12-6-4-3-5-11(10)12;1-9(2)12-11-6-4-3-5-10(11)7-8-13-12;1-8(2)9-3-4-11-10(7-9)5-6-12-11;2*1-8(2)10-5-3-4-9-6-7-12-11(9)10/h3-10H,1-2H3;2*3-5,9,13H,6-8H2,1-2H3;3*3-9H,1-2H3;3-4,7-8,12H,5-6H2,1-2H3;3-5,8,12H,6-7H2,1-2H3;3-8,12H,1-2H3. The Hall–Kier alpha value is -10.3. The third kappa shape index (κ3) is 23.3. The van der Waals surface area contributed by atoms with Crippen molar-refractivity contribution in [2.75, 3.05) is 36.8 Å². The van der Waals surface area contributed by atoms with Crippen LogP contribution in [0.1, 0.15) is 261 Å². The van der Waals surface area contributed by atoms with Crippen LogP contribution in [0.3, 0.4) is 0 Å². The lowest BCUT2D eigenvalue weighted by Crippen LogP contribution is -2.24. The SMILES string of the molecule is CC(C)c1ccc2c(c1)CCN2.CC(C)c1cccc2c1CCNC2.CC(C)c1cccc2c1CNCC2.CC(C)c1cccc2c1NCC2.CC(C)c1cccc2cc[nH]c12.CC(C)c1cccc2ccccc12.CC(C)c1ccnc2ccccc12.CC(C)c1cncc2ccccc12.CC(C)c1nccc2ccccc12. The summed E-state index contributed by atoms with van der Waals surface area (Å²) in [6.07, 6.45) is 14.4. The van der Waals surface area contributed by atoms with E-state index < -0.39 is 0 Å². The quantitative estimate of drug-likeness (QED) is 0.0981. The molecule has 18 rings (SSSR count). The monoisotopic (exact) mass is 1520 g/mol. The lowest BCUT2D eigenvalue weighted by molar-refractivity contribution is 0.632. The van der Waals surface area contributed by atoms with Gasteiger partial charge in [0, 0.05) is 90.2 Å². The largest absolute Gasteiger partial charge is 0.384 e. The molecule has 0 saturated carbocycles. The van der Waals surface area contributed by atoms with E-state index in [0.29, 0.717) is 53.3 Å². The molecule has 0 bridgehead atoms. The molecule has 4 aliphatic rings. The van der Waals surface area contributed by atoms with Crippen LogP contribution < -0.4 is 21.3 Å². The summed E-state index contributed by atoms with van der Waals surface area (Å²) in [7, 11) is 0. The number of para-hydroxylation sites is 3. The Morgan fingerprint density at radius 3 is 1.46 bits per heavy atom. The van der Waals surface area contributed by atoms with Crippen molar-refractivity contribution in [2.24, 2.45) is 0 Å². The topological polar surface area (TPSA) is 103 Å². The lowest BCUT2D eigenvalue weighted by atomic mass is 9.90. The van der Waals surface area contributed by atoms with Gasteiger partial charge in [-0.3, -0.25) is 15.0 Å². The summed E-state index contributed by atoms with van der Waals surface area (Å²) in [4.78, 5) is 16.2. The number of H-pyrrole nitrogens is 1. The van der Waals surface area contributed by atoms with Gasteiger partial charge in [0.25, 0.3) is 0 Å². The van der Waals surface area contributed by atoms with Gasteiger partial charge in [0.1, 0.15) is 0 Å². The maximum atomic E-state index is 4.41. The summed E-state index contributed by atoms with van der Waals surface area (Å²) in [5.41, 5.74) is 27.0. The van der Waals surface area contributed by atoms with Gasteiger partial charge in [-0.1, -0.05) is 319 Å². The zero-order valence-corrected chi connectivity index (χ0v) is 71.9. The van der Waals surface area contributed by atoms with Crippen molar-refractivity contribution >= 4 is 65.5 Å². The fourth-order valence-electron chi connectivity index (χ4n) is 15.9. The van der Waals surface area contributed by atoms with Crippen molar-refractivity contribution in [1.82, 2.24) is 30.6 Å². The van der Waals surface area contributed by atoms with Crippen LogP contribution in [0, 0.1) is 0 Å². The second-order valence-corrected chi connectivity index (χ2v) is 33.5. The molecule has 0 saturated heterocycles. The Labute approximate surface area is 684 Å². The van der Waals surface area contributed by atoms with E-state index in [-0.39, 0.29) is 0 Å². The maximum Gasteiger partial charge on any atom is 0.0704 e. The molecular formula is C106H130N8. The normalized spacial score (nSPS) is 12.9. The van der Waals surface area contributed by atoms with E-state index in [1.165, 1.54) is 147 Å². The minimum absolute atomic E-state index is 0.492. The van der Waals surface area contributed by atoms with Crippen LogP contribution in [0.25, 0.3) is 54.1 Å². The fourth-order valence-corrected chi connectivity index (χ4v) is 15.9. The molecule has 5 N–H and O–H groups in total. The number of benzene rings is 10. The van der Waals surface area contributed by atoms with Crippen LogP contribution in [-0.4, -0.2) is 46.1 Å². The Morgan fingerprint density at radius 1 is 0.298 bits per heavy atom. The molecule has 0 spiro atoms. The number of fused-ring (bicyclic) bond motifs is 9. The summed E-state index contributed by atoms with van der Waals surface area (Å²) in [6, 6.07) is 79.7. The van der Waals surface area contributed by atoms with Crippen molar-refractivity contribution in [3.8, 4) is 0 Å². The number of aromatic amines is 1. The molecule has 4 aliphatic heterocycles. The Balaban J connectivity index is 0.000000136. The summed E-state index contributed by atoms with van der Waals surface area (Å²) in [5, 5.41) is 24.1. The molecule has 10 aromatic carbocycles. The summed E-state index contributed by atoms with van der Waals surface area (Å²) >= 11 is 0. The van der Waals surface area contributed by atoms with Gasteiger partial charge in [0.15, 0.2) is 0 Å². The molecule has 0 unspecified atom stereocenters. The van der Waals surface area contributed by atoms with Crippen molar-refractivity contribution < 1.29 is 0 Å². The number of hydrogen-bond acceptors (Lipinski definition) is 7. The predicted molar refractivity (Wildman–Crippen MR) is 495 cm³/mol. The first-order valence-electron chi connectivity index (χ1n) is 42.5. The molecule has 0 amide bonds. The lowest BCUT2D eigenvalue weighted by Gasteiger charge is -2.21. The van der Waals surface area contributed by atoms with E-state index in [2.05, 4.69) is 378 Å². The van der Waals surface area contributed by atoms with Gasteiger partial charge in [-0.2, -0.15) is 0 Å². The molecule has 0 aliphatic carbocycles. The van der Waals surface area contributed by atoms with Gasteiger partial charge < -0.3 is 26.3 Å². The average Bonchev–Trinajstić information content (AvgIpc) is 1.74. The van der Waals surface area contributed by atoms with E-state index in [9.17, 15) is 0 Å². The van der Waals surface area contributed by atoms with Crippen molar-refractivity contribution in [3.05, 3.63) is 339 Å². The van der Waals surface area contributed by atoms with Crippen molar-refractivity contribution in [3.63, 3.8) is 0 Å². The van der Waals surface area contributed by atoms with Crippen LogP contribution >= 0.6 is 0 Å². The number of nitrogens with zero attached hydrogens (tertiary/aromatic N) is 3. The number of aromatic nitrogens is 4. The minimum atomic E-state index is 0.492. The van der Waals surface area contributed by atoms with Crippen LogP contribution in [0.2, 0.25) is 0 Å². The smallest absolute Gasteiger partial charge is 0.0704 e. The van der Waals surface area contributed by atoms with E-state index in [1.807, 2.05) is 43.1 Å². The summed E-state index contributed by atoms with van der Waals surface area (Å²) in [5.74, 6) is 5.38. The molecule has 0 atom stereocenters. The first-order chi connectivity index (χ1) is 55.1. The maximum absolute atomic E-state index is 4.41. The van der Waals surface area contributed by atoms with Crippen molar-refractivity contribution in [1.29, 1.82) is 0 Å². The first-order valence-corrected chi connectivity index (χ1v) is 42.5. The highest BCUT2D eigenvalue weighted by Gasteiger charge is 2.18. The Bertz CT molecular complexity index is 4900. The predicted octanol–water partition coefficient (Wildman–Crippen LogP) is 27.8. The van der Waals surface area contributed by atoms with Crippen molar-refractivity contribution in [2.45, 2.75) is 217 Å². The second-order valence-electron chi connectivity index (χ2n) is 33.5. The van der Waals surface area contributed by atoms with Crippen LogP contribution in [0.4, 0.5) is 11.4 Å². The molecule has 8 nitrogen and oxygen atoms in total. The third-order valence-corrected chi connectivity index (χ3v) is 22.2. The average molecular weight is 1520 g/mol. The van der Waals surface area contributed by atoms with Crippen LogP contribution in [0.15, 0.2) is 255 Å². The number of pyridine rings is 3. The van der Waals surface area contributed by atoms with Gasteiger partial charge in [-0.15, -0.1) is 0 Å². The second kappa shape index (κ2) is 42.7. The highest BCUT2D eigenvalue weighted by molar-refractivity contribution is 5.88. The number of rotatable bonds is 9. The molecule has 594 valence electrons. The van der Waals surface area contributed by atoms with Gasteiger partial charge in [0.2, 0.25) is 0 Å². The Morgan fingerprint density at radius 2 is 0.789 bits per heavy atom. The molecule has 4 aromatic heterocycles. The highest BCUT2D eigenvalue weighted by atomic mass is 14.9. The number of hydrogen-bond donors (Lipinski definition) is 5. The first kappa shape index (κ1) is 86.2. The molecular weight excluding hydrogens is 1390 g/mol. The Kier molecular flexibility index (Phi) is 32.3. The summed E-state index contributed by atoms with van der Waals surface area (Å²) in [6.45, 7) is 46.7. The van der Waals surface area contributed by atoms with E-state index in [0.717, 1.165) is 44.8 Å². The molecule has 114 heavy (non-hydrogen) atoms. The van der Waals surface area contributed by atoms with E-state index >= 15 is 0 Å². The fraction of sp³-hybridized carbons (Fsp3) is 0.349. The number of anilines is 2. The summed E-state index contributed by atoms with van der Waals surface area (Å²) < 4.78 is 0. The molecule has 14 aromatic rings. The minimum Gasteiger partial charge on any atom is -0.384 e. The van der Waals surface area contributed by atoms with E-state index in [4.69, 9.17) is 0 Å². The van der Waals surface area contributed by atoms with Gasteiger partial charge >= 0.3 is 0 Å². The molecule has 8 heteroatoms. The molecule has 8 heterocycles. The van der Waals surface area contributed by atoms with Crippen LogP contribution in [-0.2, 0) is 38.8 Å². The number of nitrogens with one attached hydrogen (secondary N) is 5. The third-order valence-electron chi connectivity index (χ3n) is 22.2.